The molecule has 4 heteroatoms. The summed E-state index contributed by atoms with van der Waals surface area (Å²) in [6.07, 6.45) is 2.31. The van der Waals surface area contributed by atoms with Gasteiger partial charge in [-0.25, -0.2) is 4.79 Å². The van der Waals surface area contributed by atoms with Crippen molar-refractivity contribution >= 4 is 23.4 Å². The van der Waals surface area contributed by atoms with E-state index in [2.05, 4.69) is 4.74 Å². The smallest absolute Gasteiger partial charge is 0.330 e. The molecule has 0 spiro atoms. The quantitative estimate of drug-likeness (QED) is 0.479. The molecule has 3 nitrogen and oxygen atoms in total. The lowest BCUT2D eigenvalue weighted by atomic mass is 9.96. The number of methoxy groups -OCH3 is 1. The minimum atomic E-state index is -0.558. The molecule has 0 radical (unpaired) electrons. The number of ketones is 1. The summed E-state index contributed by atoms with van der Waals surface area (Å²) in [5, 5.41) is 0.579. The highest BCUT2D eigenvalue weighted by Gasteiger charge is 2.14. The fourth-order valence-corrected chi connectivity index (χ4v) is 1.98. The molecule has 0 aliphatic heterocycles. The first-order valence-electron chi connectivity index (χ1n) is 5.45. The van der Waals surface area contributed by atoms with Crippen LogP contribution in [0.15, 0.2) is 18.2 Å². The summed E-state index contributed by atoms with van der Waals surface area (Å²) in [5.41, 5.74) is 3.04. The largest absolute Gasteiger partial charge is 0.466 e. The van der Waals surface area contributed by atoms with Gasteiger partial charge < -0.3 is 4.74 Å². The molecule has 0 fully saturated rings. The van der Waals surface area contributed by atoms with Crippen LogP contribution in [0.2, 0.25) is 5.02 Å². The standard InChI is InChI=1S/C14H15ClO3/c1-8-7-9(2)14(15)10(3)13(8)11(16)5-6-12(17)18-4/h5-7H,1-4H3/b6-5+. The van der Waals surface area contributed by atoms with E-state index in [-0.39, 0.29) is 5.78 Å². The van der Waals surface area contributed by atoms with Crippen LogP contribution in [0.3, 0.4) is 0 Å². The lowest BCUT2D eigenvalue weighted by Crippen LogP contribution is -2.04. The minimum Gasteiger partial charge on any atom is -0.466 e. The van der Waals surface area contributed by atoms with E-state index in [9.17, 15) is 9.59 Å². The summed E-state index contributed by atoms with van der Waals surface area (Å²) in [6.45, 7) is 5.53. The Kier molecular flexibility index (Phi) is 4.68. The van der Waals surface area contributed by atoms with Crippen LogP contribution in [0, 0.1) is 20.8 Å². The van der Waals surface area contributed by atoms with Gasteiger partial charge in [0, 0.05) is 16.7 Å². The zero-order valence-corrected chi connectivity index (χ0v) is 11.6. The summed E-state index contributed by atoms with van der Waals surface area (Å²) >= 11 is 6.12. The zero-order valence-electron chi connectivity index (χ0n) is 10.8. The van der Waals surface area contributed by atoms with E-state index in [1.165, 1.54) is 13.2 Å². The number of hydrogen-bond acceptors (Lipinski definition) is 3. The number of hydrogen-bond donors (Lipinski definition) is 0. The van der Waals surface area contributed by atoms with Crippen LogP contribution < -0.4 is 0 Å². The Morgan fingerprint density at radius 3 is 2.33 bits per heavy atom. The van der Waals surface area contributed by atoms with Crippen molar-refractivity contribution in [3.05, 3.63) is 45.5 Å². The Labute approximate surface area is 111 Å². The molecule has 0 saturated heterocycles. The monoisotopic (exact) mass is 266 g/mol. The molecule has 0 heterocycles. The summed E-state index contributed by atoms with van der Waals surface area (Å²) in [5.74, 6) is -0.811. The second-order valence-electron chi connectivity index (χ2n) is 4.05. The molecule has 96 valence electrons. The van der Waals surface area contributed by atoms with Crippen molar-refractivity contribution in [1.29, 1.82) is 0 Å². The Hall–Kier alpha value is -1.61. The number of carbonyl (C=O) groups is 2. The summed E-state index contributed by atoms with van der Waals surface area (Å²) < 4.78 is 4.44. The van der Waals surface area contributed by atoms with Gasteiger partial charge in [0.1, 0.15) is 0 Å². The predicted molar refractivity (Wildman–Crippen MR) is 71.1 cm³/mol. The molecular weight excluding hydrogens is 252 g/mol. The maximum absolute atomic E-state index is 12.0. The number of benzene rings is 1. The number of esters is 1. The first kappa shape index (κ1) is 14.5. The van der Waals surface area contributed by atoms with Crippen molar-refractivity contribution in [1.82, 2.24) is 0 Å². The van der Waals surface area contributed by atoms with Gasteiger partial charge in [-0.1, -0.05) is 17.7 Å². The lowest BCUT2D eigenvalue weighted by Gasteiger charge is -2.11. The number of halogens is 1. The third kappa shape index (κ3) is 2.99. The third-order valence-corrected chi connectivity index (χ3v) is 3.28. The zero-order chi connectivity index (χ0) is 13.9. The van der Waals surface area contributed by atoms with Gasteiger partial charge in [-0.2, -0.15) is 0 Å². The van der Waals surface area contributed by atoms with Crippen LogP contribution in [0.1, 0.15) is 27.0 Å². The van der Waals surface area contributed by atoms with E-state index in [0.717, 1.165) is 22.8 Å². The van der Waals surface area contributed by atoms with Crippen molar-refractivity contribution in [3.8, 4) is 0 Å². The SMILES string of the molecule is COC(=O)/C=C/C(=O)c1c(C)cc(C)c(Cl)c1C. The van der Waals surface area contributed by atoms with E-state index in [0.29, 0.717) is 10.6 Å². The molecule has 18 heavy (non-hydrogen) atoms. The van der Waals surface area contributed by atoms with E-state index in [1.54, 1.807) is 6.92 Å². The van der Waals surface area contributed by atoms with Gasteiger partial charge >= 0.3 is 5.97 Å². The highest BCUT2D eigenvalue weighted by Crippen LogP contribution is 2.27. The molecule has 0 saturated carbocycles. The molecule has 0 bridgehead atoms. The van der Waals surface area contributed by atoms with Gasteiger partial charge in [0.05, 0.1) is 7.11 Å². The third-order valence-electron chi connectivity index (χ3n) is 2.70. The van der Waals surface area contributed by atoms with Crippen LogP contribution in [0.4, 0.5) is 0 Å². The maximum Gasteiger partial charge on any atom is 0.330 e. The molecule has 1 aromatic carbocycles. The maximum atomic E-state index is 12.0. The lowest BCUT2D eigenvalue weighted by molar-refractivity contribution is -0.134. The number of allylic oxidation sites excluding steroid dienone is 1. The van der Waals surface area contributed by atoms with Crippen LogP contribution >= 0.6 is 11.6 Å². The van der Waals surface area contributed by atoms with Crippen molar-refractivity contribution < 1.29 is 14.3 Å². The van der Waals surface area contributed by atoms with Crippen LogP contribution in [0.25, 0.3) is 0 Å². The second kappa shape index (κ2) is 5.83. The molecule has 0 aliphatic carbocycles. The van der Waals surface area contributed by atoms with Crippen LogP contribution in [0.5, 0.6) is 0 Å². The van der Waals surface area contributed by atoms with Gasteiger partial charge in [0.2, 0.25) is 0 Å². The Morgan fingerprint density at radius 1 is 1.17 bits per heavy atom. The molecule has 0 unspecified atom stereocenters. The molecule has 0 atom stereocenters. The number of aryl methyl sites for hydroxylation is 2. The van der Waals surface area contributed by atoms with Gasteiger partial charge in [-0.05, 0) is 43.5 Å². The first-order valence-corrected chi connectivity index (χ1v) is 5.83. The summed E-state index contributed by atoms with van der Waals surface area (Å²) in [6, 6.07) is 1.86. The van der Waals surface area contributed by atoms with E-state index < -0.39 is 5.97 Å². The molecule has 0 aromatic heterocycles. The van der Waals surface area contributed by atoms with Gasteiger partial charge in [0.25, 0.3) is 0 Å². The number of ether oxygens (including phenoxy) is 1. The number of carbonyl (C=O) groups excluding carboxylic acids is 2. The minimum absolute atomic E-state index is 0.252. The molecule has 1 aromatic rings. The van der Waals surface area contributed by atoms with E-state index >= 15 is 0 Å². The molecular formula is C14H15ClO3. The van der Waals surface area contributed by atoms with Gasteiger partial charge in [-0.3, -0.25) is 4.79 Å². The van der Waals surface area contributed by atoms with Crippen molar-refractivity contribution in [2.24, 2.45) is 0 Å². The van der Waals surface area contributed by atoms with Crippen molar-refractivity contribution in [2.45, 2.75) is 20.8 Å². The summed E-state index contributed by atoms with van der Waals surface area (Å²) in [4.78, 5) is 23.0. The molecule has 1 rings (SSSR count). The van der Waals surface area contributed by atoms with Crippen LogP contribution in [-0.2, 0) is 9.53 Å². The fraction of sp³-hybridized carbons (Fsp3) is 0.286. The average Bonchev–Trinajstić information content (AvgIpc) is 2.33. The Bertz CT molecular complexity index is 530. The predicted octanol–water partition coefficient (Wildman–Crippen LogP) is 3.18. The van der Waals surface area contributed by atoms with Gasteiger partial charge in [0.15, 0.2) is 5.78 Å². The number of rotatable bonds is 3. The average molecular weight is 267 g/mol. The van der Waals surface area contributed by atoms with E-state index in [1.807, 2.05) is 19.9 Å². The first-order chi connectivity index (χ1) is 8.38. The normalized spacial score (nSPS) is 10.7. The molecule has 0 aliphatic rings. The highest BCUT2D eigenvalue weighted by atomic mass is 35.5. The summed E-state index contributed by atoms with van der Waals surface area (Å²) in [7, 11) is 1.26. The van der Waals surface area contributed by atoms with Gasteiger partial charge in [-0.15, -0.1) is 0 Å². The fourth-order valence-electron chi connectivity index (χ4n) is 1.84. The van der Waals surface area contributed by atoms with Crippen molar-refractivity contribution in [3.63, 3.8) is 0 Å². The Balaban J connectivity index is 3.18. The van der Waals surface area contributed by atoms with E-state index in [4.69, 9.17) is 11.6 Å². The second-order valence-corrected chi connectivity index (χ2v) is 4.42. The van der Waals surface area contributed by atoms with Crippen molar-refractivity contribution in [2.75, 3.05) is 7.11 Å². The van der Waals surface area contributed by atoms with Crippen LogP contribution in [-0.4, -0.2) is 18.9 Å². The molecule has 0 N–H and O–H groups in total. The Morgan fingerprint density at radius 2 is 1.78 bits per heavy atom. The molecule has 0 amide bonds. The highest BCUT2D eigenvalue weighted by molar-refractivity contribution is 6.32. The topological polar surface area (TPSA) is 43.4 Å².